The maximum absolute atomic E-state index is 5.66. The first-order valence-electron chi connectivity index (χ1n) is 6.48. The van der Waals surface area contributed by atoms with Crippen LogP contribution in [0.4, 0.5) is 0 Å². The number of aryl methyl sites for hydroxylation is 1. The third kappa shape index (κ3) is 2.12. The maximum atomic E-state index is 5.66. The third-order valence-electron chi connectivity index (χ3n) is 4.19. The van der Waals surface area contributed by atoms with Crippen molar-refractivity contribution in [3.63, 3.8) is 0 Å². The fourth-order valence-electron chi connectivity index (χ4n) is 2.79. The van der Waals surface area contributed by atoms with E-state index in [0.717, 1.165) is 31.1 Å². The van der Waals surface area contributed by atoms with Crippen LogP contribution >= 0.6 is 15.9 Å². The summed E-state index contributed by atoms with van der Waals surface area (Å²) in [7, 11) is 0. The summed E-state index contributed by atoms with van der Waals surface area (Å²) < 4.78 is 5.66. The molecule has 1 aliphatic heterocycles. The number of hydrogen-bond acceptors (Lipinski definition) is 1. The average Bonchev–Trinajstić information content (AvgIpc) is 2.97. The van der Waals surface area contributed by atoms with Gasteiger partial charge in [-0.15, -0.1) is 0 Å². The van der Waals surface area contributed by atoms with Crippen LogP contribution < -0.4 is 4.74 Å². The summed E-state index contributed by atoms with van der Waals surface area (Å²) in [6, 6.07) is 6.70. The van der Waals surface area contributed by atoms with E-state index in [0.29, 0.717) is 10.2 Å². The Morgan fingerprint density at radius 1 is 1.41 bits per heavy atom. The Hall–Kier alpha value is -0.500. The zero-order valence-corrected chi connectivity index (χ0v) is 12.1. The van der Waals surface area contributed by atoms with Crippen LogP contribution in [0.2, 0.25) is 0 Å². The van der Waals surface area contributed by atoms with Crippen molar-refractivity contribution >= 4 is 15.9 Å². The van der Waals surface area contributed by atoms with Gasteiger partial charge in [-0.25, -0.2) is 0 Å². The molecule has 0 bridgehead atoms. The summed E-state index contributed by atoms with van der Waals surface area (Å²) in [5, 5.41) is 0. The number of alkyl halides is 1. The minimum Gasteiger partial charge on any atom is -0.493 e. The van der Waals surface area contributed by atoms with Crippen molar-refractivity contribution in [3.05, 3.63) is 29.3 Å². The molecule has 1 fully saturated rings. The first-order chi connectivity index (χ1) is 8.08. The van der Waals surface area contributed by atoms with E-state index in [-0.39, 0.29) is 0 Å². The Morgan fingerprint density at radius 2 is 2.18 bits per heavy atom. The molecule has 0 spiro atoms. The highest BCUT2D eigenvalue weighted by Crippen LogP contribution is 2.60. The van der Waals surface area contributed by atoms with E-state index in [9.17, 15) is 0 Å². The molecule has 1 aliphatic carbocycles. The molecule has 0 N–H and O–H groups in total. The Labute approximate surface area is 112 Å². The highest BCUT2D eigenvalue weighted by atomic mass is 79.9. The lowest BCUT2D eigenvalue weighted by molar-refractivity contribution is 0.288. The molecule has 3 rings (SSSR count). The second kappa shape index (κ2) is 4.01. The number of rotatable bonds is 2. The largest absolute Gasteiger partial charge is 0.493 e. The molecule has 1 heterocycles. The molecule has 1 saturated carbocycles. The number of ether oxygens (including phenoxy) is 1. The smallest absolute Gasteiger partial charge is 0.122 e. The zero-order chi connectivity index (χ0) is 12.0. The first-order valence-corrected chi connectivity index (χ1v) is 7.39. The van der Waals surface area contributed by atoms with Crippen LogP contribution in [0.15, 0.2) is 18.2 Å². The van der Waals surface area contributed by atoms with E-state index in [4.69, 9.17) is 4.74 Å². The van der Waals surface area contributed by atoms with Gasteiger partial charge in [0.05, 0.1) is 6.61 Å². The fourth-order valence-corrected chi connectivity index (χ4v) is 3.98. The lowest BCUT2D eigenvalue weighted by Crippen LogP contribution is -2.09. The third-order valence-corrected chi connectivity index (χ3v) is 5.36. The summed E-state index contributed by atoms with van der Waals surface area (Å²) in [4.78, 5) is 0.504. The van der Waals surface area contributed by atoms with Crippen LogP contribution in [0.1, 0.15) is 42.6 Å². The van der Waals surface area contributed by atoms with Crippen molar-refractivity contribution in [1.82, 2.24) is 0 Å². The number of hydrogen-bond donors (Lipinski definition) is 0. The second-order valence-corrected chi connectivity index (χ2v) is 7.01. The van der Waals surface area contributed by atoms with E-state index in [1.165, 1.54) is 17.5 Å². The summed E-state index contributed by atoms with van der Waals surface area (Å²) in [6.45, 7) is 5.58. The number of benzene rings is 1. The predicted octanol–water partition coefficient (Wildman–Crippen LogP) is 4.49. The lowest BCUT2D eigenvalue weighted by atomic mass is 9.98. The molecule has 0 radical (unpaired) electrons. The molecule has 2 unspecified atom stereocenters. The monoisotopic (exact) mass is 294 g/mol. The van der Waals surface area contributed by atoms with Gasteiger partial charge in [-0.1, -0.05) is 41.9 Å². The van der Waals surface area contributed by atoms with Gasteiger partial charge in [-0.2, -0.15) is 0 Å². The second-order valence-electron chi connectivity index (χ2n) is 6.02. The molecule has 1 aromatic carbocycles. The van der Waals surface area contributed by atoms with Crippen LogP contribution in [0, 0.1) is 11.3 Å². The summed E-state index contributed by atoms with van der Waals surface area (Å²) >= 11 is 3.88. The van der Waals surface area contributed by atoms with Crippen LogP contribution in [0.25, 0.3) is 0 Å². The van der Waals surface area contributed by atoms with E-state index in [1.807, 2.05) is 0 Å². The molecule has 2 heteroatoms. The number of fused-ring (bicyclic) bond motifs is 1. The van der Waals surface area contributed by atoms with Crippen molar-refractivity contribution in [2.45, 2.75) is 37.9 Å². The molecular weight excluding hydrogens is 276 g/mol. The van der Waals surface area contributed by atoms with Gasteiger partial charge in [0.1, 0.15) is 5.75 Å². The van der Waals surface area contributed by atoms with E-state index in [2.05, 4.69) is 48.0 Å². The fraction of sp³-hybridized carbons (Fsp3) is 0.600. The van der Waals surface area contributed by atoms with Gasteiger partial charge in [0.15, 0.2) is 0 Å². The standard InChI is InChI=1S/C15H19BrO/c1-15(2)9-12(15)14(16)11-5-6-13-10(8-11)4-3-7-17-13/h5-6,8,12,14H,3-4,7,9H2,1-2H3. The molecular formula is C15H19BrO. The van der Waals surface area contributed by atoms with Gasteiger partial charge in [-0.05, 0) is 47.8 Å². The number of halogens is 1. The summed E-state index contributed by atoms with van der Waals surface area (Å²) in [5.41, 5.74) is 3.32. The van der Waals surface area contributed by atoms with Crippen LogP contribution in [-0.4, -0.2) is 6.61 Å². The highest BCUT2D eigenvalue weighted by Gasteiger charge is 2.49. The topological polar surface area (TPSA) is 9.23 Å². The van der Waals surface area contributed by atoms with Crippen LogP contribution in [0.5, 0.6) is 5.75 Å². The zero-order valence-electron chi connectivity index (χ0n) is 10.5. The lowest BCUT2D eigenvalue weighted by Gasteiger charge is -2.20. The molecule has 17 heavy (non-hydrogen) atoms. The normalized spacial score (nSPS) is 26.9. The molecule has 92 valence electrons. The van der Waals surface area contributed by atoms with Gasteiger partial charge in [-0.3, -0.25) is 0 Å². The quantitative estimate of drug-likeness (QED) is 0.730. The van der Waals surface area contributed by atoms with E-state index >= 15 is 0 Å². The molecule has 0 aromatic heterocycles. The molecule has 0 saturated heterocycles. The van der Waals surface area contributed by atoms with Gasteiger partial charge in [0.2, 0.25) is 0 Å². The van der Waals surface area contributed by atoms with E-state index in [1.54, 1.807) is 0 Å². The summed E-state index contributed by atoms with van der Waals surface area (Å²) in [5.74, 6) is 1.87. The van der Waals surface area contributed by atoms with Gasteiger partial charge >= 0.3 is 0 Å². The van der Waals surface area contributed by atoms with Crippen molar-refractivity contribution in [2.24, 2.45) is 11.3 Å². The Balaban J connectivity index is 1.84. The van der Waals surface area contributed by atoms with Gasteiger partial charge in [0.25, 0.3) is 0 Å². The average molecular weight is 295 g/mol. The minimum absolute atomic E-state index is 0.504. The minimum atomic E-state index is 0.504. The molecule has 1 aromatic rings. The Bertz CT molecular complexity index is 439. The summed E-state index contributed by atoms with van der Waals surface area (Å²) in [6.07, 6.45) is 3.64. The van der Waals surface area contributed by atoms with Crippen molar-refractivity contribution < 1.29 is 4.74 Å². The molecule has 2 atom stereocenters. The Kier molecular flexibility index (Phi) is 2.73. The predicted molar refractivity (Wildman–Crippen MR) is 73.8 cm³/mol. The molecule has 2 aliphatic rings. The SMILES string of the molecule is CC1(C)CC1C(Br)c1ccc2c(c1)CCCO2. The Morgan fingerprint density at radius 3 is 2.88 bits per heavy atom. The van der Waals surface area contributed by atoms with Crippen LogP contribution in [0.3, 0.4) is 0 Å². The van der Waals surface area contributed by atoms with Crippen molar-refractivity contribution in [3.8, 4) is 5.75 Å². The van der Waals surface area contributed by atoms with Crippen molar-refractivity contribution in [2.75, 3.05) is 6.61 Å². The first kappa shape index (κ1) is 11.6. The molecule has 1 nitrogen and oxygen atoms in total. The highest BCUT2D eigenvalue weighted by molar-refractivity contribution is 9.09. The van der Waals surface area contributed by atoms with Crippen molar-refractivity contribution in [1.29, 1.82) is 0 Å². The maximum Gasteiger partial charge on any atom is 0.122 e. The molecule has 0 amide bonds. The van der Waals surface area contributed by atoms with Gasteiger partial charge < -0.3 is 4.74 Å². The van der Waals surface area contributed by atoms with Crippen LogP contribution in [-0.2, 0) is 6.42 Å². The van der Waals surface area contributed by atoms with Gasteiger partial charge in [0, 0.05) is 4.83 Å². The van der Waals surface area contributed by atoms with E-state index < -0.39 is 0 Å².